The molecule has 0 radical (unpaired) electrons. The Labute approximate surface area is 183 Å². The Kier molecular flexibility index (Phi) is 7.68. The normalized spacial score (nSPS) is 35.1. The van der Waals surface area contributed by atoms with Gasteiger partial charge in [-0.3, -0.25) is 0 Å². The van der Waals surface area contributed by atoms with Crippen molar-refractivity contribution in [1.82, 2.24) is 0 Å². The first kappa shape index (κ1) is 22.1. The number of hydrogen-bond acceptors (Lipinski definition) is 1. The van der Waals surface area contributed by atoms with Gasteiger partial charge in [-0.2, -0.15) is 0 Å². The molecule has 0 aromatic heterocycles. The highest BCUT2D eigenvalue weighted by Gasteiger charge is 2.31. The minimum Gasteiger partial charge on any atom is -0.328 e. The molecule has 0 aliphatic heterocycles. The van der Waals surface area contributed by atoms with Crippen LogP contribution in [0.2, 0.25) is 0 Å². The summed E-state index contributed by atoms with van der Waals surface area (Å²) >= 11 is 0. The second kappa shape index (κ2) is 10.4. The summed E-state index contributed by atoms with van der Waals surface area (Å²) in [6.45, 7) is 3.87. The van der Waals surface area contributed by atoms with E-state index in [0.717, 1.165) is 49.0 Å². The van der Waals surface area contributed by atoms with Gasteiger partial charge in [-0.25, -0.2) is 4.39 Å². The number of halogens is 1. The molecule has 0 spiro atoms. The molecule has 1 nitrogen and oxygen atoms in total. The van der Waals surface area contributed by atoms with Gasteiger partial charge in [0.2, 0.25) is 0 Å². The lowest BCUT2D eigenvalue weighted by Crippen LogP contribution is -2.26. The van der Waals surface area contributed by atoms with Crippen LogP contribution in [0.5, 0.6) is 0 Å². The van der Waals surface area contributed by atoms with Crippen LogP contribution in [0.15, 0.2) is 30.9 Å². The average Bonchev–Trinajstić information content (AvgIpc) is 2.79. The molecule has 3 fully saturated rings. The molecule has 0 bridgehead atoms. The molecule has 3 saturated carbocycles. The summed E-state index contributed by atoms with van der Waals surface area (Å²) in [5, 5.41) is 0. The SMILES string of the molecule is C=CCCC1CCC(C2CCC(c3ccc(C4CCC(N)CC4)c(F)c3)CC2)CC1. The first-order chi connectivity index (χ1) is 14.6. The van der Waals surface area contributed by atoms with Gasteiger partial charge in [-0.1, -0.05) is 31.1 Å². The molecule has 166 valence electrons. The summed E-state index contributed by atoms with van der Waals surface area (Å²) in [5.41, 5.74) is 8.21. The highest BCUT2D eigenvalue weighted by Crippen LogP contribution is 2.45. The van der Waals surface area contributed by atoms with E-state index in [-0.39, 0.29) is 5.82 Å². The van der Waals surface area contributed by atoms with E-state index >= 15 is 0 Å². The van der Waals surface area contributed by atoms with Crippen LogP contribution >= 0.6 is 0 Å². The van der Waals surface area contributed by atoms with E-state index < -0.39 is 0 Å². The summed E-state index contributed by atoms with van der Waals surface area (Å²) in [4.78, 5) is 0. The zero-order chi connectivity index (χ0) is 20.9. The number of nitrogens with two attached hydrogens (primary N) is 1. The van der Waals surface area contributed by atoms with Crippen molar-refractivity contribution in [3.63, 3.8) is 0 Å². The summed E-state index contributed by atoms with van der Waals surface area (Å²) in [5.74, 6) is 3.77. The number of hydrogen-bond donors (Lipinski definition) is 1. The van der Waals surface area contributed by atoms with Gasteiger partial charge < -0.3 is 5.73 Å². The number of rotatable bonds is 6. The monoisotopic (exact) mass is 411 g/mol. The first-order valence-electron chi connectivity index (χ1n) is 12.8. The van der Waals surface area contributed by atoms with Crippen LogP contribution in [0, 0.1) is 23.6 Å². The summed E-state index contributed by atoms with van der Waals surface area (Å²) in [6.07, 6.45) is 19.7. The van der Waals surface area contributed by atoms with Crippen molar-refractivity contribution in [3.05, 3.63) is 47.8 Å². The van der Waals surface area contributed by atoms with Crippen molar-refractivity contribution in [1.29, 1.82) is 0 Å². The molecule has 1 aromatic carbocycles. The van der Waals surface area contributed by atoms with Crippen LogP contribution in [0.25, 0.3) is 0 Å². The van der Waals surface area contributed by atoms with Crippen molar-refractivity contribution in [2.75, 3.05) is 0 Å². The average molecular weight is 412 g/mol. The lowest BCUT2D eigenvalue weighted by Gasteiger charge is -2.38. The number of benzene rings is 1. The van der Waals surface area contributed by atoms with E-state index in [9.17, 15) is 4.39 Å². The predicted octanol–water partition coefficient (Wildman–Crippen LogP) is 7.86. The van der Waals surface area contributed by atoms with Crippen molar-refractivity contribution in [3.8, 4) is 0 Å². The van der Waals surface area contributed by atoms with Crippen molar-refractivity contribution < 1.29 is 4.39 Å². The molecule has 2 N–H and O–H groups in total. The zero-order valence-electron chi connectivity index (χ0n) is 18.8. The topological polar surface area (TPSA) is 26.0 Å². The lowest BCUT2D eigenvalue weighted by molar-refractivity contribution is 0.157. The van der Waals surface area contributed by atoms with E-state index in [1.165, 1.54) is 69.8 Å². The van der Waals surface area contributed by atoms with E-state index in [4.69, 9.17) is 5.73 Å². The molecule has 0 heterocycles. The third-order valence-corrected chi connectivity index (χ3v) is 8.82. The summed E-state index contributed by atoms with van der Waals surface area (Å²) in [7, 11) is 0. The molecule has 1 aromatic rings. The minimum atomic E-state index is 0.0351. The standard InChI is InChI=1S/C28H42FN/c1-2-3-4-20-5-7-21(8-6-20)22-9-11-23(12-10-22)25-15-18-27(28(29)19-25)24-13-16-26(30)17-14-24/h2,15,18-24,26H,1,3-14,16-17,30H2. The van der Waals surface area contributed by atoms with Gasteiger partial charge in [0.05, 0.1) is 0 Å². The fourth-order valence-corrected chi connectivity index (χ4v) is 6.78. The Morgan fingerprint density at radius 1 is 0.833 bits per heavy atom. The summed E-state index contributed by atoms with van der Waals surface area (Å²) in [6, 6.07) is 6.53. The fraction of sp³-hybridized carbons (Fsp3) is 0.714. The molecular weight excluding hydrogens is 369 g/mol. The smallest absolute Gasteiger partial charge is 0.126 e. The van der Waals surface area contributed by atoms with Gasteiger partial charge in [-0.05, 0) is 124 Å². The molecule has 0 amide bonds. The first-order valence-corrected chi connectivity index (χ1v) is 12.8. The Morgan fingerprint density at radius 2 is 1.43 bits per heavy atom. The van der Waals surface area contributed by atoms with Crippen molar-refractivity contribution in [2.24, 2.45) is 23.5 Å². The van der Waals surface area contributed by atoms with Gasteiger partial charge in [0.25, 0.3) is 0 Å². The van der Waals surface area contributed by atoms with Gasteiger partial charge in [-0.15, -0.1) is 6.58 Å². The largest absolute Gasteiger partial charge is 0.328 e. The third kappa shape index (κ3) is 5.36. The number of allylic oxidation sites excluding steroid dienone is 1. The van der Waals surface area contributed by atoms with E-state index in [2.05, 4.69) is 24.8 Å². The van der Waals surface area contributed by atoms with Crippen LogP contribution in [0.3, 0.4) is 0 Å². The lowest BCUT2D eigenvalue weighted by atomic mass is 9.68. The quantitative estimate of drug-likeness (QED) is 0.474. The Morgan fingerprint density at radius 3 is 2.03 bits per heavy atom. The molecule has 3 aliphatic rings. The van der Waals surface area contributed by atoms with Crippen LogP contribution in [-0.4, -0.2) is 6.04 Å². The molecule has 30 heavy (non-hydrogen) atoms. The van der Waals surface area contributed by atoms with E-state index in [1.54, 1.807) is 0 Å². The summed E-state index contributed by atoms with van der Waals surface area (Å²) < 4.78 is 14.9. The van der Waals surface area contributed by atoms with E-state index in [1.807, 2.05) is 6.07 Å². The third-order valence-electron chi connectivity index (χ3n) is 8.82. The Balaban J connectivity index is 1.27. The van der Waals surface area contributed by atoms with Crippen LogP contribution < -0.4 is 5.73 Å². The molecular formula is C28H42FN. The van der Waals surface area contributed by atoms with Gasteiger partial charge in [0.1, 0.15) is 5.82 Å². The zero-order valence-corrected chi connectivity index (χ0v) is 18.8. The highest BCUT2D eigenvalue weighted by molar-refractivity contribution is 5.30. The fourth-order valence-electron chi connectivity index (χ4n) is 6.78. The maximum absolute atomic E-state index is 14.9. The maximum atomic E-state index is 14.9. The van der Waals surface area contributed by atoms with Crippen molar-refractivity contribution >= 4 is 0 Å². The molecule has 0 saturated heterocycles. The van der Waals surface area contributed by atoms with Crippen molar-refractivity contribution in [2.45, 2.75) is 108 Å². The van der Waals surface area contributed by atoms with E-state index in [0.29, 0.717) is 17.9 Å². The molecule has 0 atom stereocenters. The predicted molar refractivity (Wildman–Crippen MR) is 125 cm³/mol. The molecule has 2 heteroatoms. The van der Waals surface area contributed by atoms with Gasteiger partial charge in [0.15, 0.2) is 0 Å². The van der Waals surface area contributed by atoms with Gasteiger partial charge >= 0.3 is 0 Å². The second-order valence-corrected chi connectivity index (χ2v) is 10.7. The van der Waals surface area contributed by atoms with Crippen LogP contribution in [0.1, 0.15) is 113 Å². The molecule has 4 rings (SSSR count). The highest BCUT2D eigenvalue weighted by atomic mass is 19.1. The van der Waals surface area contributed by atoms with Crippen LogP contribution in [0.4, 0.5) is 4.39 Å². The maximum Gasteiger partial charge on any atom is 0.126 e. The minimum absolute atomic E-state index is 0.0351. The second-order valence-electron chi connectivity index (χ2n) is 10.7. The van der Waals surface area contributed by atoms with Gasteiger partial charge in [0, 0.05) is 6.04 Å². The molecule has 0 unspecified atom stereocenters. The molecule has 3 aliphatic carbocycles. The van der Waals surface area contributed by atoms with Crippen LogP contribution in [-0.2, 0) is 0 Å². The Hall–Kier alpha value is -1.15. The Bertz CT molecular complexity index is 674.